The number of nitrogens with two attached hydrogens (primary N) is 1. The molecule has 0 atom stereocenters. The molecule has 7 nitrogen and oxygen atoms in total. The maximum absolute atomic E-state index is 12.3. The summed E-state index contributed by atoms with van der Waals surface area (Å²) in [6, 6.07) is 31.0. The third-order valence-electron chi connectivity index (χ3n) is 6.09. The van der Waals surface area contributed by atoms with Gasteiger partial charge in [0, 0.05) is 23.4 Å². The van der Waals surface area contributed by atoms with E-state index < -0.39 is 6.36 Å². The van der Waals surface area contributed by atoms with Crippen LogP contribution in [0, 0.1) is 0 Å². The van der Waals surface area contributed by atoms with E-state index in [1.54, 1.807) is 30.1 Å². The van der Waals surface area contributed by atoms with E-state index in [1.165, 1.54) is 30.6 Å². The zero-order valence-electron chi connectivity index (χ0n) is 22.1. The number of para-hydroxylation sites is 1. The lowest BCUT2D eigenvalue weighted by atomic mass is 10.0. The second-order valence-corrected chi connectivity index (χ2v) is 10.00. The first kappa shape index (κ1) is 28.6. The lowest BCUT2D eigenvalue weighted by molar-refractivity contribution is -0.274. The number of hydrogen-bond acceptors (Lipinski definition) is 5. The van der Waals surface area contributed by atoms with Crippen molar-refractivity contribution in [3.05, 3.63) is 114 Å². The SMILES string of the molecule is NC(=NC=Nc1ccc(OC(F)(F)F)cc1)c1ccc(/C=N/N=C2\SCCN2c2ccccc2-c2ccccc2)cc1. The van der Waals surface area contributed by atoms with Crippen LogP contribution in [-0.2, 0) is 0 Å². The zero-order valence-corrected chi connectivity index (χ0v) is 23.0. The minimum absolute atomic E-state index is 0.231. The number of thioether (sulfide) groups is 1. The lowest BCUT2D eigenvalue weighted by Gasteiger charge is -2.21. The monoisotopic (exact) mass is 586 g/mol. The summed E-state index contributed by atoms with van der Waals surface area (Å²) in [5.41, 5.74) is 11.4. The molecule has 0 saturated carbocycles. The van der Waals surface area contributed by atoms with Crippen molar-refractivity contribution in [3.63, 3.8) is 0 Å². The fourth-order valence-corrected chi connectivity index (χ4v) is 5.04. The number of hydrogen-bond donors (Lipinski definition) is 1. The number of rotatable bonds is 8. The van der Waals surface area contributed by atoms with E-state index in [-0.39, 0.29) is 11.6 Å². The summed E-state index contributed by atoms with van der Waals surface area (Å²) < 4.78 is 40.7. The standard InChI is InChI=1S/C31H25F3N6OS/c32-31(33,34)41-26-16-14-25(15-17-26)36-21-37-29(35)24-12-10-22(11-13-24)20-38-39-30-40(18-19-42-30)28-9-5-4-8-27(28)23-6-2-1-3-7-23/h1-17,20-21H,18-19H2,(H2,35,36,37)/b38-20+,39-30-. The molecule has 0 unspecified atom stereocenters. The van der Waals surface area contributed by atoms with Gasteiger partial charge in [-0.05, 0) is 41.5 Å². The Bertz CT molecular complexity index is 1620. The molecule has 0 amide bonds. The molecule has 1 heterocycles. The first-order valence-corrected chi connectivity index (χ1v) is 13.8. The number of aliphatic imine (C=N–C) groups is 2. The van der Waals surface area contributed by atoms with Gasteiger partial charge in [-0.25, -0.2) is 9.98 Å². The molecule has 0 aromatic heterocycles. The smallest absolute Gasteiger partial charge is 0.406 e. The molecule has 0 aliphatic carbocycles. The summed E-state index contributed by atoms with van der Waals surface area (Å²) in [6.07, 6.45) is -1.83. The average molecular weight is 587 g/mol. The van der Waals surface area contributed by atoms with Crippen LogP contribution >= 0.6 is 11.8 Å². The normalized spacial score (nSPS) is 15.3. The Hall–Kier alpha value is -4.90. The van der Waals surface area contributed by atoms with Gasteiger partial charge in [0.15, 0.2) is 5.17 Å². The molecule has 212 valence electrons. The van der Waals surface area contributed by atoms with Gasteiger partial charge in [0.25, 0.3) is 0 Å². The Morgan fingerprint density at radius 1 is 0.881 bits per heavy atom. The molecule has 5 rings (SSSR count). The van der Waals surface area contributed by atoms with E-state index in [0.29, 0.717) is 11.3 Å². The van der Waals surface area contributed by atoms with Crippen molar-refractivity contribution in [2.75, 3.05) is 17.2 Å². The summed E-state index contributed by atoms with van der Waals surface area (Å²) in [5.74, 6) is 0.827. The van der Waals surface area contributed by atoms with Gasteiger partial charge in [0.2, 0.25) is 0 Å². The minimum atomic E-state index is -4.75. The van der Waals surface area contributed by atoms with Crippen LogP contribution in [0.4, 0.5) is 24.5 Å². The molecule has 1 fully saturated rings. The van der Waals surface area contributed by atoms with Crippen LogP contribution in [-0.4, -0.2) is 42.2 Å². The number of benzene rings is 4. The number of anilines is 1. The molecule has 1 aliphatic rings. The van der Waals surface area contributed by atoms with Gasteiger partial charge in [0.05, 0.1) is 17.6 Å². The maximum atomic E-state index is 12.3. The van der Waals surface area contributed by atoms with Gasteiger partial charge in [-0.15, -0.1) is 18.3 Å². The Morgan fingerprint density at radius 3 is 2.33 bits per heavy atom. The second-order valence-electron chi connectivity index (χ2n) is 8.93. The van der Waals surface area contributed by atoms with Crippen molar-refractivity contribution in [1.82, 2.24) is 0 Å². The van der Waals surface area contributed by atoms with Crippen molar-refractivity contribution in [3.8, 4) is 16.9 Å². The van der Waals surface area contributed by atoms with Gasteiger partial charge < -0.3 is 15.4 Å². The molecule has 11 heteroatoms. The van der Waals surface area contributed by atoms with Crippen molar-refractivity contribution in [2.24, 2.45) is 25.9 Å². The molecule has 1 saturated heterocycles. The number of ether oxygens (including phenoxy) is 1. The summed E-state index contributed by atoms with van der Waals surface area (Å²) in [5, 5.41) is 9.68. The molecular formula is C31H25F3N6OS. The third-order valence-corrected chi connectivity index (χ3v) is 7.03. The van der Waals surface area contributed by atoms with Crippen molar-refractivity contribution in [2.45, 2.75) is 6.36 Å². The highest BCUT2D eigenvalue weighted by Gasteiger charge is 2.31. The minimum Gasteiger partial charge on any atom is -0.406 e. The largest absolute Gasteiger partial charge is 0.573 e. The Labute approximate surface area is 245 Å². The summed E-state index contributed by atoms with van der Waals surface area (Å²) in [6.45, 7) is 0.845. The Balaban J connectivity index is 1.22. The number of alkyl halides is 3. The van der Waals surface area contributed by atoms with Gasteiger partial charge in [-0.2, -0.15) is 5.10 Å². The molecule has 4 aromatic rings. The van der Waals surface area contributed by atoms with Crippen LogP contribution < -0.4 is 15.4 Å². The van der Waals surface area contributed by atoms with Gasteiger partial charge in [0.1, 0.15) is 17.9 Å². The number of nitrogens with zero attached hydrogens (tertiary/aromatic N) is 5. The first-order chi connectivity index (χ1) is 20.4. The van der Waals surface area contributed by atoms with Crippen molar-refractivity contribution >= 4 is 46.7 Å². The highest BCUT2D eigenvalue weighted by atomic mass is 32.2. The average Bonchev–Trinajstić information content (AvgIpc) is 3.46. The second kappa shape index (κ2) is 13.2. The number of halogens is 3. The van der Waals surface area contributed by atoms with Crippen molar-refractivity contribution < 1.29 is 17.9 Å². The van der Waals surface area contributed by atoms with Crippen LogP contribution in [0.1, 0.15) is 11.1 Å². The number of amidine groups is 2. The lowest BCUT2D eigenvalue weighted by Crippen LogP contribution is -2.24. The van der Waals surface area contributed by atoms with Gasteiger partial charge >= 0.3 is 6.36 Å². The van der Waals surface area contributed by atoms with E-state index in [0.717, 1.165) is 39.8 Å². The molecule has 2 N–H and O–H groups in total. The molecule has 0 radical (unpaired) electrons. The van der Waals surface area contributed by atoms with Crippen molar-refractivity contribution in [1.29, 1.82) is 0 Å². The Kier molecular flexibility index (Phi) is 8.98. The highest BCUT2D eigenvalue weighted by Crippen LogP contribution is 2.34. The third kappa shape index (κ3) is 7.64. The van der Waals surface area contributed by atoms with E-state index in [9.17, 15) is 13.2 Å². The van der Waals surface area contributed by atoms with Gasteiger partial charge in [-0.3, -0.25) is 0 Å². The topological polar surface area (TPSA) is 87.9 Å². The van der Waals surface area contributed by atoms with Crippen LogP contribution in [0.5, 0.6) is 5.75 Å². The van der Waals surface area contributed by atoms with Crippen LogP contribution in [0.3, 0.4) is 0 Å². The van der Waals surface area contributed by atoms with E-state index >= 15 is 0 Å². The quantitative estimate of drug-likeness (QED) is 0.134. The van der Waals surface area contributed by atoms with E-state index in [1.807, 2.05) is 42.5 Å². The maximum Gasteiger partial charge on any atom is 0.573 e. The van der Waals surface area contributed by atoms with Crippen LogP contribution in [0.2, 0.25) is 0 Å². The summed E-state index contributed by atoms with van der Waals surface area (Å²) in [7, 11) is 0. The predicted octanol–water partition coefficient (Wildman–Crippen LogP) is 7.26. The highest BCUT2D eigenvalue weighted by molar-refractivity contribution is 8.14. The molecule has 0 bridgehead atoms. The van der Waals surface area contributed by atoms with Gasteiger partial charge in [-0.1, -0.05) is 84.6 Å². The van der Waals surface area contributed by atoms with E-state index in [4.69, 9.17) is 5.73 Å². The molecule has 1 aliphatic heterocycles. The first-order valence-electron chi connectivity index (χ1n) is 12.8. The molecule has 4 aromatic carbocycles. The fraction of sp³-hybridized carbons (Fsp3) is 0.0968. The summed E-state index contributed by atoms with van der Waals surface area (Å²) >= 11 is 1.67. The molecule has 42 heavy (non-hydrogen) atoms. The van der Waals surface area contributed by atoms with Crippen LogP contribution in [0.15, 0.2) is 123 Å². The molecular weight excluding hydrogens is 561 g/mol. The fourth-order valence-electron chi connectivity index (χ4n) is 4.13. The summed E-state index contributed by atoms with van der Waals surface area (Å²) in [4.78, 5) is 10.4. The predicted molar refractivity (Wildman–Crippen MR) is 165 cm³/mol. The Morgan fingerprint density at radius 2 is 1.60 bits per heavy atom. The zero-order chi connectivity index (χ0) is 29.4. The molecule has 0 spiro atoms. The van der Waals surface area contributed by atoms with E-state index in [2.05, 4.69) is 54.1 Å². The van der Waals surface area contributed by atoms with Crippen LogP contribution in [0.25, 0.3) is 11.1 Å².